The minimum atomic E-state index is -0.0638. The molecule has 1 aromatic carbocycles. The zero-order chi connectivity index (χ0) is 16.9. The maximum atomic E-state index is 5.83. The number of benzene rings is 1. The van der Waals surface area contributed by atoms with Crippen LogP contribution in [-0.4, -0.2) is 11.9 Å². The number of aliphatic imine (C=N–C) groups is 2. The normalized spacial score (nSPS) is 34.4. The number of hydrogen-bond acceptors (Lipinski definition) is 1. The van der Waals surface area contributed by atoms with Gasteiger partial charge in [0.05, 0.1) is 5.69 Å². The van der Waals surface area contributed by atoms with E-state index in [1.165, 1.54) is 44.1 Å². The fourth-order valence-electron chi connectivity index (χ4n) is 5.80. The first-order valence-electron chi connectivity index (χ1n) is 8.98. The highest BCUT2D eigenvalue weighted by atomic mass is 15.1. The molecular formula is C19H27N5. The third-order valence-corrected chi connectivity index (χ3v) is 6.34. The van der Waals surface area contributed by atoms with Gasteiger partial charge in [0.15, 0.2) is 5.96 Å². The summed E-state index contributed by atoms with van der Waals surface area (Å²) in [6.45, 7) is 2.05. The summed E-state index contributed by atoms with van der Waals surface area (Å²) >= 11 is 0. The van der Waals surface area contributed by atoms with Gasteiger partial charge in [-0.15, -0.1) is 0 Å². The summed E-state index contributed by atoms with van der Waals surface area (Å²) in [5.74, 6) is 2.83. The van der Waals surface area contributed by atoms with E-state index in [0.29, 0.717) is 5.41 Å². The molecule has 0 radical (unpaired) electrons. The van der Waals surface area contributed by atoms with Gasteiger partial charge in [-0.2, -0.15) is 4.99 Å². The van der Waals surface area contributed by atoms with E-state index in [1.807, 2.05) is 6.92 Å². The molecule has 0 atom stereocenters. The van der Waals surface area contributed by atoms with E-state index in [1.54, 1.807) is 0 Å². The van der Waals surface area contributed by atoms with Gasteiger partial charge in [-0.25, -0.2) is 4.99 Å². The molecule has 0 unspecified atom stereocenters. The second kappa shape index (κ2) is 5.50. The second-order valence-corrected chi connectivity index (χ2v) is 8.21. The van der Waals surface area contributed by atoms with Crippen LogP contribution in [0, 0.1) is 24.7 Å². The molecule has 5 rings (SSSR count). The largest absolute Gasteiger partial charge is 0.370 e. The fraction of sp³-hybridized carbons (Fsp3) is 0.579. The van der Waals surface area contributed by atoms with Crippen LogP contribution in [0.2, 0.25) is 0 Å². The van der Waals surface area contributed by atoms with Crippen molar-refractivity contribution in [2.24, 2.45) is 44.9 Å². The second-order valence-electron chi connectivity index (χ2n) is 8.21. The highest BCUT2D eigenvalue weighted by Crippen LogP contribution is 2.60. The monoisotopic (exact) mass is 325 g/mol. The lowest BCUT2D eigenvalue weighted by atomic mass is 9.48. The summed E-state index contributed by atoms with van der Waals surface area (Å²) in [5.41, 5.74) is 20.4. The van der Waals surface area contributed by atoms with E-state index in [9.17, 15) is 0 Å². The minimum Gasteiger partial charge on any atom is -0.370 e. The number of guanidine groups is 2. The summed E-state index contributed by atoms with van der Waals surface area (Å²) in [5, 5.41) is 0. The molecule has 0 spiro atoms. The molecule has 6 N–H and O–H groups in total. The average molecular weight is 325 g/mol. The van der Waals surface area contributed by atoms with E-state index in [-0.39, 0.29) is 11.9 Å². The molecule has 4 aliphatic carbocycles. The SMILES string of the molecule is Cc1ccc(C23CC4CC(CC(C4)C2)C3)cc1N=C(N)N=C(N)N. The number of aryl methyl sites for hydroxylation is 1. The van der Waals surface area contributed by atoms with Crippen LogP contribution in [0.15, 0.2) is 28.2 Å². The van der Waals surface area contributed by atoms with E-state index in [4.69, 9.17) is 17.2 Å². The lowest BCUT2D eigenvalue weighted by Crippen LogP contribution is -2.48. The third-order valence-electron chi connectivity index (χ3n) is 6.34. The molecule has 5 heteroatoms. The van der Waals surface area contributed by atoms with Crippen LogP contribution in [0.25, 0.3) is 0 Å². The van der Waals surface area contributed by atoms with Crippen molar-refractivity contribution >= 4 is 17.6 Å². The van der Waals surface area contributed by atoms with Crippen molar-refractivity contribution in [1.82, 2.24) is 0 Å². The van der Waals surface area contributed by atoms with Gasteiger partial charge in [-0.3, -0.25) is 0 Å². The summed E-state index contributed by atoms with van der Waals surface area (Å²) in [6, 6.07) is 6.69. The molecule has 4 saturated carbocycles. The van der Waals surface area contributed by atoms with E-state index in [0.717, 1.165) is 29.0 Å². The van der Waals surface area contributed by atoms with Gasteiger partial charge in [-0.05, 0) is 85.8 Å². The van der Waals surface area contributed by atoms with Crippen molar-refractivity contribution in [3.8, 4) is 0 Å². The minimum absolute atomic E-state index is 0.0638. The predicted molar refractivity (Wildman–Crippen MR) is 98.1 cm³/mol. The standard InChI is InChI=1S/C19H27N5/c1-11-2-3-15(7-16(11)23-18(22)24-17(20)21)19-8-12-4-13(9-19)6-14(5-12)10-19/h2-3,7,12-14H,4-6,8-10H2,1H3,(H6,20,21,22,23,24). The fourth-order valence-corrected chi connectivity index (χ4v) is 5.80. The van der Waals surface area contributed by atoms with Gasteiger partial charge < -0.3 is 17.2 Å². The van der Waals surface area contributed by atoms with Crippen LogP contribution in [0.4, 0.5) is 5.69 Å². The number of nitrogens with two attached hydrogens (primary N) is 3. The van der Waals surface area contributed by atoms with Crippen molar-refractivity contribution in [2.75, 3.05) is 0 Å². The molecule has 0 saturated heterocycles. The Balaban J connectivity index is 1.70. The van der Waals surface area contributed by atoms with Crippen LogP contribution < -0.4 is 17.2 Å². The quantitative estimate of drug-likeness (QED) is 0.575. The van der Waals surface area contributed by atoms with Gasteiger partial charge >= 0.3 is 0 Å². The Hall–Kier alpha value is -2.04. The summed E-state index contributed by atoms with van der Waals surface area (Å²) in [7, 11) is 0. The Kier molecular flexibility index (Phi) is 3.55. The molecule has 0 heterocycles. The Bertz CT molecular complexity index is 679. The molecule has 4 fully saturated rings. The maximum Gasteiger partial charge on any atom is 0.223 e. The van der Waals surface area contributed by atoms with Gasteiger partial charge in [0.25, 0.3) is 0 Å². The predicted octanol–water partition coefficient (Wildman–Crippen LogP) is 2.68. The average Bonchev–Trinajstić information content (AvgIpc) is 2.47. The zero-order valence-electron chi connectivity index (χ0n) is 14.3. The van der Waals surface area contributed by atoms with Crippen molar-refractivity contribution in [3.05, 3.63) is 29.3 Å². The molecule has 1 aromatic rings. The van der Waals surface area contributed by atoms with Gasteiger partial charge in [0.2, 0.25) is 5.96 Å². The zero-order valence-corrected chi connectivity index (χ0v) is 14.3. The van der Waals surface area contributed by atoms with Crippen LogP contribution >= 0.6 is 0 Å². The molecule has 128 valence electrons. The molecule has 4 aliphatic rings. The third kappa shape index (κ3) is 2.66. The van der Waals surface area contributed by atoms with Crippen LogP contribution in [0.5, 0.6) is 0 Å². The van der Waals surface area contributed by atoms with Crippen molar-refractivity contribution < 1.29 is 0 Å². The lowest BCUT2D eigenvalue weighted by Gasteiger charge is -2.57. The van der Waals surface area contributed by atoms with Crippen molar-refractivity contribution in [3.63, 3.8) is 0 Å². The summed E-state index contributed by atoms with van der Waals surface area (Å²) in [6.07, 6.45) is 8.38. The number of rotatable bonds is 2. The molecule has 0 aromatic heterocycles. The molecule has 24 heavy (non-hydrogen) atoms. The smallest absolute Gasteiger partial charge is 0.223 e. The first kappa shape index (κ1) is 15.5. The summed E-state index contributed by atoms with van der Waals surface area (Å²) in [4.78, 5) is 8.27. The molecular weight excluding hydrogens is 298 g/mol. The van der Waals surface area contributed by atoms with Gasteiger partial charge in [-0.1, -0.05) is 12.1 Å². The Morgan fingerprint density at radius 1 is 1.00 bits per heavy atom. The Morgan fingerprint density at radius 2 is 1.58 bits per heavy atom. The van der Waals surface area contributed by atoms with Gasteiger partial charge in [0, 0.05) is 0 Å². The molecule has 0 amide bonds. The van der Waals surface area contributed by atoms with Crippen molar-refractivity contribution in [1.29, 1.82) is 0 Å². The lowest BCUT2D eigenvalue weighted by molar-refractivity contribution is -0.00517. The molecule has 5 nitrogen and oxygen atoms in total. The highest BCUT2D eigenvalue weighted by Gasteiger charge is 2.51. The van der Waals surface area contributed by atoms with E-state index in [2.05, 4.69) is 28.2 Å². The molecule has 0 aliphatic heterocycles. The van der Waals surface area contributed by atoms with Crippen LogP contribution in [-0.2, 0) is 5.41 Å². The van der Waals surface area contributed by atoms with Crippen molar-refractivity contribution in [2.45, 2.75) is 50.9 Å². The van der Waals surface area contributed by atoms with Gasteiger partial charge in [0.1, 0.15) is 0 Å². The number of nitrogens with zero attached hydrogens (tertiary/aromatic N) is 2. The number of hydrogen-bond donors (Lipinski definition) is 3. The first-order valence-corrected chi connectivity index (χ1v) is 8.98. The summed E-state index contributed by atoms with van der Waals surface area (Å²) < 4.78 is 0. The Morgan fingerprint density at radius 3 is 2.12 bits per heavy atom. The Labute approximate surface area is 143 Å². The first-order chi connectivity index (χ1) is 11.4. The van der Waals surface area contributed by atoms with Crippen LogP contribution in [0.3, 0.4) is 0 Å². The van der Waals surface area contributed by atoms with Crippen LogP contribution in [0.1, 0.15) is 49.7 Å². The van der Waals surface area contributed by atoms with E-state index < -0.39 is 0 Å². The molecule has 4 bridgehead atoms. The maximum absolute atomic E-state index is 5.83. The van der Waals surface area contributed by atoms with E-state index >= 15 is 0 Å². The highest BCUT2D eigenvalue weighted by molar-refractivity contribution is 5.93. The topological polar surface area (TPSA) is 103 Å².